The third-order valence-electron chi connectivity index (χ3n) is 13.7. The molecular weight excluding hydrogens is 895 g/mol. The van der Waals surface area contributed by atoms with Gasteiger partial charge in [-0.25, -0.2) is 0 Å². The van der Waals surface area contributed by atoms with Crippen LogP contribution >= 0.6 is 0 Å². The second-order valence-corrected chi connectivity index (χ2v) is 20.4. The van der Waals surface area contributed by atoms with Gasteiger partial charge in [-0.15, -0.1) is 0 Å². The standard InChI is InChI=1S/C60H109NO10/c1-4-7-10-13-16-19-22-25-26-27-28-30-33-36-39-42-45-48-55(65)71-58-57(67)56(66)54(49-62)70-60(58)69-50-51(52(63)46-43-40-37-34-31-24-21-18-15-12-9-6-3)61-59(68)53(64)47-44-41-38-35-32-29-23-20-17-14-11-8-5-2/h8,11,17,20,29,32,43,46,51-54,56-58,60,62-64,66-67H,4-7,9-10,12-16,18-19,21-28,30-31,33-42,44-45,47-50H2,1-3H3,(H,61,68)/b11-8+,20-17+,32-29+,46-43+. The Labute approximate surface area is 434 Å². The lowest BCUT2D eigenvalue weighted by Gasteiger charge is -2.41. The van der Waals surface area contributed by atoms with Crippen LogP contribution in [0.4, 0.5) is 0 Å². The summed E-state index contributed by atoms with van der Waals surface area (Å²) in [5.74, 6) is -1.21. The fourth-order valence-electron chi connectivity index (χ4n) is 9.08. The molecule has 0 aromatic heterocycles. The second kappa shape index (κ2) is 48.6. The summed E-state index contributed by atoms with van der Waals surface area (Å²) in [6.45, 7) is 5.66. The molecule has 1 aliphatic heterocycles. The molecule has 0 aliphatic carbocycles. The molecule has 8 atom stereocenters. The van der Waals surface area contributed by atoms with E-state index in [0.29, 0.717) is 12.8 Å². The van der Waals surface area contributed by atoms with Gasteiger partial charge in [0.2, 0.25) is 5.91 Å². The van der Waals surface area contributed by atoms with Crippen molar-refractivity contribution in [2.24, 2.45) is 0 Å². The largest absolute Gasteiger partial charge is 0.454 e. The van der Waals surface area contributed by atoms with E-state index in [-0.39, 0.29) is 19.4 Å². The average molecular weight is 1000 g/mol. The fourth-order valence-corrected chi connectivity index (χ4v) is 9.08. The lowest BCUT2D eigenvalue weighted by molar-refractivity contribution is -0.305. The first-order chi connectivity index (χ1) is 34.7. The molecule has 0 radical (unpaired) electrons. The number of amides is 1. The highest BCUT2D eigenvalue weighted by molar-refractivity contribution is 5.80. The Balaban J connectivity index is 2.71. The van der Waals surface area contributed by atoms with Crippen LogP contribution in [0.1, 0.15) is 258 Å². The molecule has 11 nitrogen and oxygen atoms in total. The van der Waals surface area contributed by atoms with E-state index in [4.69, 9.17) is 14.2 Å². The Morgan fingerprint density at radius 3 is 1.52 bits per heavy atom. The molecule has 1 rings (SSSR count). The Hall–Kier alpha value is -2.38. The van der Waals surface area contributed by atoms with E-state index in [0.717, 1.165) is 77.0 Å². The third-order valence-corrected chi connectivity index (χ3v) is 13.7. The lowest BCUT2D eigenvalue weighted by Crippen LogP contribution is -2.61. The molecule has 1 aliphatic rings. The molecule has 1 saturated heterocycles. The zero-order chi connectivity index (χ0) is 51.8. The molecule has 1 fully saturated rings. The van der Waals surface area contributed by atoms with Crippen molar-refractivity contribution in [2.75, 3.05) is 13.2 Å². The number of aliphatic hydroxyl groups is 5. The highest BCUT2D eigenvalue weighted by Gasteiger charge is 2.47. The van der Waals surface area contributed by atoms with Gasteiger partial charge in [-0.05, 0) is 57.8 Å². The summed E-state index contributed by atoms with van der Waals surface area (Å²) in [6.07, 6.45) is 47.3. The highest BCUT2D eigenvalue weighted by atomic mass is 16.7. The monoisotopic (exact) mass is 1000 g/mol. The number of esters is 1. The molecule has 0 aromatic rings. The van der Waals surface area contributed by atoms with Gasteiger partial charge >= 0.3 is 5.97 Å². The quantitative estimate of drug-likeness (QED) is 0.0195. The number of nitrogens with one attached hydrogen (secondary N) is 1. The molecule has 1 amide bonds. The van der Waals surface area contributed by atoms with Gasteiger partial charge in [-0.2, -0.15) is 0 Å². The van der Waals surface area contributed by atoms with E-state index >= 15 is 0 Å². The minimum Gasteiger partial charge on any atom is -0.454 e. The van der Waals surface area contributed by atoms with Crippen molar-refractivity contribution in [3.63, 3.8) is 0 Å². The molecule has 6 N–H and O–H groups in total. The molecule has 0 spiro atoms. The number of aliphatic hydroxyl groups excluding tert-OH is 5. The van der Waals surface area contributed by atoms with E-state index in [1.807, 2.05) is 6.08 Å². The number of unbranched alkanes of at least 4 members (excludes halogenated alkanes) is 29. The van der Waals surface area contributed by atoms with Gasteiger partial charge in [-0.3, -0.25) is 9.59 Å². The Kier molecular flexibility index (Phi) is 45.6. The summed E-state index contributed by atoms with van der Waals surface area (Å²) < 4.78 is 17.6. The first-order valence-electron chi connectivity index (χ1n) is 29.4. The van der Waals surface area contributed by atoms with Crippen LogP contribution in [0.2, 0.25) is 0 Å². The van der Waals surface area contributed by atoms with Gasteiger partial charge in [0.15, 0.2) is 12.4 Å². The second-order valence-electron chi connectivity index (χ2n) is 20.4. The van der Waals surface area contributed by atoms with Crippen molar-refractivity contribution >= 4 is 11.9 Å². The number of allylic oxidation sites excluding steroid dienone is 7. The van der Waals surface area contributed by atoms with Gasteiger partial charge in [0, 0.05) is 6.42 Å². The number of hydrogen-bond acceptors (Lipinski definition) is 10. The minimum absolute atomic E-state index is 0.124. The molecule has 11 heteroatoms. The number of ether oxygens (including phenoxy) is 3. The molecule has 1 heterocycles. The average Bonchev–Trinajstić information content (AvgIpc) is 3.37. The number of carbonyl (C=O) groups is 2. The summed E-state index contributed by atoms with van der Waals surface area (Å²) in [5, 5.41) is 56.8. The third kappa shape index (κ3) is 37.1. The van der Waals surface area contributed by atoms with Crippen LogP contribution in [0.5, 0.6) is 0 Å². The van der Waals surface area contributed by atoms with Crippen molar-refractivity contribution in [2.45, 2.75) is 307 Å². The topological polar surface area (TPSA) is 175 Å². The fraction of sp³-hybridized carbons (Fsp3) is 0.833. The van der Waals surface area contributed by atoms with Crippen LogP contribution in [0.15, 0.2) is 48.6 Å². The summed E-state index contributed by atoms with van der Waals surface area (Å²) in [4.78, 5) is 26.5. The van der Waals surface area contributed by atoms with Gasteiger partial charge in [0.25, 0.3) is 0 Å². The highest BCUT2D eigenvalue weighted by Crippen LogP contribution is 2.26. The Morgan fingerprint density at radius 1 is 0.563 bits per heavy atom. The number of hydrogen-bond donors (Lipinski definition) is 6. The van der Waals surface area contributed by atoms with E-state index in [2.05, 4.69) is 62.5 Å². The molecular formula is C60H109NO10. The van der Waals surface area contributed by atoms with E-state index in [9.17, 15) is 35.1 Å². The molecule has 0 bridgehead atoms. The van der Waals surface area contributed by atoms with Crippen LogP contribution in [-0.4, -0.2) is 99.6 Å². The SMILES string of the molecule is CC/C=C/C/C=C/C/C=C/CCCCCC(O)C(=O)NC(COC1OC(CO)C(O)C(O)C1OC(=O)CCCCCCCCCCCCCCCCCCC)C(O)/C=C/CCCCCCCCCCCC. The van der Waals surface area contributed by atoms with E-state index < -0.39 is 67.4 Å². The summed E-state index contributed by atoms with van der Waals surface area (Å²) in [6, 6.07) is -1.03. The summed E-state index contributed by atoms with van der Waals surface area (Å²) in [5.41, 5.74) is 0. The Morgan fingerprint density at radius 2 is 1.01 bits per heavy atom. The molecule has 414 valence electrons. The normalized spacial score (nSPS) is 19.9. The minimum atomic E-state index is -1.61. The van der Waals surface area contributed by atoms with Crippen molar-refractivity contribution in [3.05, 3.63) is 48.6 Å². The van der Waals surface area contributed by atoms with Gasteiger partial charge < -0.3 is 45.1 Å². The lowest BCUT2D eigenvalue weighted by atomic mass is 9.99. The molecule has 8 unspecified atom stereocenters. The van der Waals surface area contributed by atoms with Crippen LogP contribution in [-0.2, 0) is 23.8 Å². The maximum absolute atomic E-state index is 13.4. The smallest absolute Gasteiger partial charge is 0.306 e. The van der Waals surface area contributed by atoms with Crippen molar-refractivity contribution < 1.29 is 49.3 Å². The molecule has 0 aromatic carbocycles. The van der Waals surface area contributed by atoms with Crippen LogP contribution in [0, 0.1) is 0 Å². The zero-order valence-electron chi connectivity index (χ0n) is 45.6. The summed E-state index contributed by atoms with van der Waals surface area (Å²) >= 11 is 0. The first kappa shape index (κ1) is 66.6. The summed E-state index contributed by atoms with van der Waals surface area (Å²) in [7, 11) is 0. The van der Waals surface area contributed by atoms with Crippen molar-refractivity contribution in [3.8, 4) is 0 Å². The van der Waals surface area contributed by atoms with Crippen molar-refractivity contribution in [1.29, 1.82) is 0 Å². The predicted octanol–water partition coefficient (Wildman–Crippen LogP) is 13.3. The maximum atomic E-state index is 13.4. The van der Waals surface area contributed by atoms with Gasteiger partial charge in [-0.1, -0.05) is 243 Å². The van der Waals surface area contributed by atoms with Gasteiger partial charge in [0.1, 0.15) is 24.4 Å². The Bertz CT molecular complexity index is 1340. The van der Waals surface area contributed by atoms with Crippen molar-refractivity contribution in [1.82, 2.24) is 5.32 Å². The van der Waals surface area contributed by atoms with E-state index in [1.54, 1.807) is 6.08 Å². The molecule has 71 heavy (non-hydrogen) atoms. The van der Waals surface area contributed by atoms with Gasteiger partial charge in [0.05, 0.1) is 25.4 Å². The van der Waals surface area contributed by atoms with E-state index in [1.165, 1.54) is 135 Å². The van der Waals surface area contributed by atoms with Crippen LogP contribution < -0.4 is 5.32 Å². The number of rotatable bonds is 49. The van der Waals surface area contributed by atoms with Crippen LogP contribution in [0.3, 0.4) is 0 Å². The van der Waals surface area contributed by atoms with Crippen LogP contribution in [0.25, 0.3) is 0 Å². The predicted molar refractivity (Wildman–Crippen MR) is 292 cm³/mol. The first-order valence-corrected chi connectivity index (χ1v) is 29.4. The maximum Gasteiger partial charge on any atom is 0.306 e. The molecule has 0 saturated carbocycles. The number of carbonyl (C=O) groups excluding carboxylic acids is 2. The zero-order valence-corrected chi connectivity index (χ0v) is 45.6.